The molecule has 0 saturated carbocycles. The van der Waals surface area contributed by atoms with Crippen molar-refractivity contribution in [1.82, 2.24) is 0 Å². The third-order valence-electron chi connectivity index (χ3n) is 3.38. The Kier molecular flexibility index (Phi) is 5.78. The second-order valence-electron chi connectivity index (χ2n) is 6.52. The standard InChI is InChI=1S/C14H30/c1-11(2)10-14(6,7)9-8-13(5)12(3)4/h11-13H,8-10H2,1-7H3. The van der Waals surface area contributed by atoms with Gasteiger partial charge in [-0.1, -0.05) is 48.5 Å². The van der Waals surface area contributed by atoms with Crippen LogP contribution < -0.4 is 0 Å². The van der Waals surface area contributed by atoms with E-state index in [2.05, 4.69) is 48.5 Å². The summed E-state index contributed by atoms with van der Waals surface area (Å²) in [4.78, 5) is 0. The molecular formula is C14H30. The molecule has 0 N–H and O–H groups in total. The largest absolute Gasteiger partial charge is 0.0628 e. The SMILES string of the molecule is CC(C)CC(C)(C)CCC(C)C(C)C. The van der Waals surface area contributed by atoms with Crippen molar-refractivity contribution in [3.8, 4) is 0 Å². The molecule has 0 aromatic heterocycles. The lowest BCUT2D eigenvalue weighted by Gasteiger charge is -2.29. The molecule has 14 heavy (non-hydrogen) atoms. The van der Waals surface area contributed by atoms with E-state index in [1.165, 1.54) is 19.3 Å². The first kappa shape index (κ1) is 14.0. The molecule has 86 valence electrons. The number of hydrogen-bond donors (Lipinski definition) is 0. The highest BCUT2D eigenvalue weighted by molar-refractivity contribution is 4.72. The minimum atomic E-state index is 0.539. The fraction of sp³-hybridized carbons (Fsp3) is 1.00. The van der Waals surface area contributed by atoms with Crippen molar-refractivity contribution in [2.24, 2.45) is 23.2 Å². The van der Waals surface area contributed by atoms with Gasteiger partial charge in [0, 0.05) is 0 Å². The summed E-state index contributed by atoms with van der Waals surface area (Å²) in [6, 6.07) is 0. The predicted octanol–water partition coefficient (Wildman–Crippen LogP) is 5.13. The fourth-order valence-electron chi connectivity index (χ4n) is 2.16. The summed E-state index contributed by atoms with van der Waals surface area (Å²) in [5.41, 5.74) is 0.539. The van der Waals surface area contributed by atoms with E-state index >= 15 is 0 Å². The summed E-state index contributed by atoms with van der Waals surface area (Å²) in [7, 11) is 0. The van der Waals surface area contributed by atoms with Crippen molar-refractivity contribution in [2.75, 3.05) is 0 Å². The highest BCUT2D eigenvalue weighted by atomic mass is 14.3. The van der Waals surface area contributed by atoms with Crippen LogP contribution in [0.3, 0.4) is 0 Å². The monoisotopic (exact) mass is 198 g/mol. The normalized spacial score (nSPS) is 15.2. The van der Waals surface area contributed by atoms with Gasteiger partial charge in [-0.3, -0.25) is 0 Å². The second-order valence-corrected chi connectivity index (χ2v) is 6.52. The number of rotatable bonds is 6. The summed E-state index contributed by atoms with van der Waals surface area (Å²) >= 11 is 0. The Morgan fingerprint density at radius 3 is 1.79 bits per heavy atom. The van der Waals surface area contributed by atoms with Gasteiger partial charge >= 0.3 is 0 Å². The summed E-state index contributed by atoms with van der Waals surface area (Å²) in [6.07, 6.45) is 4.12. The third kappa shape index (κ3) is 6.45. The molecule has 0 fully saturated rings. The van der Waals surface area contributed by atoms with Crippen LogP contribution in [0.15, 0.2) is 0 Å². The molecule has 0 aliphatic rings. The van der Waals surface area contributed by atoms with Crippen LogP contribution in [0.4, 0.5) is 0 Å². The van der Waals surface area contributed by atoms with Crippen molar-refractivity contribution in [1.29, 1.82) is 0 Å². The van der Waals surface area contributed by atoms with Gasteiger partial charge in [-0.05, 0) is 42.4 Å². The van der Waals surface area contributed by atoms with Crippen LogP contribution in [0.25, 0.3) is 0 Å². The van der Waals surface area contributed by atoms with E-state index in [0.717, 1.165) is 17.8 Å². The molecule has 1 atom stereocenters. The zero-order valence-electron chi connectivity index (χ0n) is 11.4. The Morgan fingerprint density at radius 2 is 1.43 bits per heavy atom. The van der Waals surface area contributed by atoms with Gasteiger partial charge in [0.05, 0.1) is 0 Å². The molecule has 0 aromatic rings. The molecular weight excluding hydrogens is 168 g/mol. The molecule has 0 amide bonds. The van der Waals surface area contributed by atoms with Crippen molar-refractivity contribution in [2.45, 2.75) is 67.7 Å². The van der Waals surface area contributed by atoms with Gasteiger partial charge in [0.25, 0.3) is 0 Å². The molecule has 0 nitrogen and oxygen atoms in total. The first-order valence-electron chi connectivity index (χ1n) is 6.24. The van der Waals surface area contributed by atoms with Gasteiger partial charge in [0.2, 0.25) is 0 Å². The topological polar surface area (TPSA) is 0 Å². The fourth-order valence-corrected chi connectivity index (χ4v) is 2.16. The Balaban J connectivity index is 3.86. The highest BCUT2D eigenvalue weighted by Crippen LogP contribution is 2.33. The molecule has 0 saturated heterocycles. The Morgan fingerprint density at radius 1 is 0.929 bits per heavy atom. The molecule has 0 heterocycles. The lowest BCUT2D eigenvalue weighted by molar-refractivity contribution is 0.230. The average molecular weight is 198 g/mol. The van der Waals surface area contributed by atoms with Crippen molar-refractivity contribution in [3.05, 3.63) is 0 Å². The first-order valence-corrected chi connectivity index (χ1v) is 6.24. The molecule has 0 radical (unpaired) electrons. The minimum Gasteiger partial charge on any atom is -0.0628 e. The maximum atomic E-state index is 2.42. The van der Waals surface area contributed by atoms with E-state index in [1.807, 2.05) is 0 Å². The second kappa shape index (κ2) is 5.78. The van der Waals surface area contributed by atoms with Gasteiger partial charge < -0.3 is 0 Å². The van der Waals surface area contributed by atoms with Crippen molar-refractivity contribution in [3.63, 3.8) is 0 Å². The van der Waals surface area contributed by atoms with Gasteiger partial charge in [-0.2, -0.15) is 0 Å². The molecule has 0 spiro atoms. The smallest absolute Gasteiger partial charge is 0.0352 e. The quantitative estimate of drug-likeness (QED) is 0.555. The zero-order valence-corrected chi connectivity index (χ0v) is 11.4. The molecule has 0 aromatic carbocycles. The Labute approximate surface area is 91.5 Å². The molecule has 0 heteroatoms. The van der Waals surface area contributed by atoms with Crippen LogP contribution in [0.5, 0.6) is 0 Å². The summed E-state index contributed by atoms with van der Waals surface area (Å²) in [5, 5.41) is 0. The highest BCUT2D eigenvalue weighted by Gasteiger charge is 2.20. The lowest BCUT2D eigenvalue weighted by Crippen LogP contribution is -2.17. The zero-order chi connectivity index (χ0) is 11.4. The molecule has 1 unspecified atom stereocenters. The van der Waals surface area contributed by atoms with Crippen molar-refractivity contribution >= 4 is 0 Å². The molecule has 0 rings (SSSR count). The van der Waals surface area contributed by atoms with Crippen LogP contribution in [-0.2, 0) is 0 Å². The molecule has 0 aliphatic carbocycles. The third-order valence-corrected chi connectivity index (χ3v) is 3.38. The van der Waals surface area contributed by atoms with Crippen molar-refractivity contribution < 1.29 is 0 Å². The van der Waals surface area contributed by atoms with Crippen LogP contribution in [0.2, 0.25) is 0 Å². The Bertz CT molecular complexity index is 142. The van der Waals surface area contributed by atoms with E-state index in [0.29, 0.717) is 5.41 Å². The molecule has 0 aliphatic heterocycles. The van der Waals surface area contributed by atoms with Crippen LogP contribution in [0, 0.1) is 23.2 Å². The summed E-state index contributed by atoms with van der Waals surface area (Å²) < 4.78 is 0. The van der Waals surface area contributed by atoms with Crippen LogP contribution >= 0.6 is 0 Å². The summed E-state index contributed by atoms with van der Waals surface area (Å²) in [5.74, 6) is 2.55. The van der Waals surface area contributed by atoms with Gasteiger partial charge in [-0.15, -0.1) is 0 Å². The van der Waals surface area contributed by atoms with Gasteiger partial charge in [0.1, 0.15) is 0 Å². The van der Waals surface area contributed by atoms with E-state index in [1.54, 1.807) is 0 Å². The summed E-state index contributed by atoms with van der Waals surface area (Å²) in [6.45, 7) is 16.5. The van der Waals surface area contributed by atoms with E-state index in [-0.39, 0.29) is 0 Å². The van der Waals surface area contributed by atoms with E-state index in [9.17, 15) is 0 Å². The van der Waals surface area contributed by atoms with Crippen LogP contribution in [-0.4, -0.2) is 0 Å². The molecule has 0 bridgehead atoms. The minimum absolute atomic E-state index is 0.539. The lowest BCUT2D eigenvalue weighted by atomic mass is 9.77. The van der Waals surface area contributed by atoms with Gasteiger partial charge in [0.15, 0.2) is 0 Å². The van der Waals surface area contributed by atoms with Gasteiger partial charge in [-0.25, -0.2) is 0 Å². The number of hydrogen-bond acceptors (Lipinski definition) is 0. The first-order chi connectivity index (χ1) is 6.24. The maximum Gasteiger partial charge on any atom is -0.0352 e. The maximum absolute atomic E-state index is 2.42. The van der Waals surface area contributed by atoms with Crippen LogP contribution in [0.1, 0.15) is 67.7 Å². The average Bonchev–Trinajstić information content (AvgIpc) is 1.97. The van der Waals surface area contributed by atoms with E-state index < -0.39 is 0 Å². The Hall–Kier alpha value is 0. The predicted molar refractivity (Wildman–Crippen MR) is 66.5 cm³/mol. The van der Waals surface area contributed by atoms with E-state index in [4.69, 9.17) is 0 Å².